The minimum absolute atomic E-state index is 0.0541. The van der Waals surface area contributed by atoms with Crippen molar-refractivity contribution in [3.63, 3.8) is 0 Å². The van der Waals surface area contributed by atoms with Crippen molar-refractivity contribution in [2.24, 2.45) is 0 Å². The Morgan fingerprint density at radius 1 is 1.04 bits per heavy atom. The average Bonchev–Trinajstić information content (AvgIpc) is 2.60. The molecule has 0 heterocycles. The fourth-order valence-corrected chi connectivity index (χ4v) is 2.25. The van der Waals surface area contributed by atoms with Crippen molar-refractivity contribution in [3.8, 4) is 11.5 Å². The lowest BCUT2D eigenvalue weighted by Crippen LogP contribution is -2.36. The molecule has 2 rings (SSSR count). The number of amides is 2. The second-order valence-corrected chi connectivity index (χ2v) is 5.15. The zero-order valence-electron chi connectivity index (χ0n) is 13.6. The fourth-order valence-electron chi connectivity index (χ4n) is 2.25. The molecule has 1 atom stereocenters. The quantitative estimate of drug-likeness (QED) is 0.860. The number of nitrogens with one attached hydrogen (secondary N) is 2. The normalized spacial score (nSPS) is 11.4. The van der Waals surface area contributed by atoms with Crippen LogP contribution in [0.5, 0.6) is 11.5 Å². The van der Waals surface area contributed by atoms with Gasteiger partial charge >= 0.3 is 6.03 Å². The van der Waals surface area contributed by atoms with Gasteiger partial charge in [0.1, 0.15) is 0 Å². The van der Waals surface area contributed by atoms with Crippen LogP contribution in [0.4, 0.5) is 4.79 Å². The standard InChI is InChI=1S/C18H22N2O3/c1-13(15-7-5-4-6-8-15)20-18(21)19-12-14-9-10-16(22-2)17(11-14)23-3/h4-11,13H,12H2,1-3H3,(H2,19,20,21). The number of carbonyl (C=O) groups is 1. The Labute approximate surface area is 136 Å². The lowest BCUT2D eigenvalue weighted by Gasteiger charge is -2.15. The van der Waals surface area contributed by atoms with Crippen molar-refractivity contribution in [1.29, 1.82) is 0 Å². The van der Waals surface area contributed by atoms with Crippen LogP contribution in [-0.2, 0) is 6.54 Å². The molecule has 0 saturated heterocycles. The highest BCUT2D eigenvalue weighted by molar-refractivity contribution is 5.74. The molecule has 23 heavy (non-hydrogen) atoms. The molecular weight excluding hydrogens is 292 g/mol. The summed E-state index contributed by atoms with van der Waals surface area (Å²) in [5.74, 6) is 1.31. The first kappa shape index (κ1) is 16.7. The number of carbonyl (C=O) groups excluding carboxylic acids is 1. The molecule has 5 heteroatoms. The summed E-state index contributed by atoms with van der Waals surface area (Å²) in [7, 11) is 3.18. The van der Waals surface area contributed by atoms with E-state index in [1.54, 1.807) is 14.2 Å². The Balaban J connectivity index is 1.89. The summed E-state index contributed by atoms with van der Waals surface area (Å²) >= 11 is 0. The van der Waals surface area contributed by atoms with Crippen LogP contribution in [0.2, 0.25) is 0 Å². The van der Waals surface area contributed by atoms with Gasteiger partial charge in [-0.1, -0.05) is 36.4 Å². The Kier molecular flexibility index (Phi) is 5.86. The molecule has 0 aliphatic heterocycles. The molecular formula is C18H22N2O3. The van der Waals surface area contributed by atoms with Gasteiger partial charge in [0.2, 0.25) is 0 Å². The van der Waals surface area contributed by atoms with Crippen LogP contribution < -0.4 is 20.1 Å². The van der Waals surface area contributed by atoms with Crippen LogP contribution in [0.25, 0.3) is 0 Å². The molecule has 0 radical (unpaired) electrons. The largest absolute Gasteiger partial charge is 0.493 e. The topological polar surface area (TPSA) is 59.6 Å². The Bertz CT molecular complexity index is 644. The van der Waals surface area contributed by atoms with Crippen LogP contribution in [0, 0.1) is 0 Å². The number of hydrogen-bond donors (Lipinski definition) is 2. The zero-order chi connectivity index (χ0) is 16.7. The van der Waals surface area contributed by atoms with Gasteiger partial charge in [0, 0.05) is 6.54 Å². The van der Waals surface area contributed by atoms with E-state index >= 15 is 0 Å². The minimum Gasteiger partial charge on any atom is -0.493 e. The summed E-state index contributed by atoms with van der Waals surface area (Å²) in [5.41, 5.74) is 2.00. The number of benzene rings is 2. The first-order chi connectivity index (χ1) is 11.1. The summed E-state index contributed by atoms with van der Waals surface area (Å²) in [4.78, 5) is 12.0. The lowest BCUT2D eigenvalue weighted by atomic mass is 10.1. The van der Waals surface area contributed by atoms with E-state index in [9.17, 15) is 4.79 Å². The molecule has 2 N–H and O–H groups in total. The molecule has 5 nitrogen and oxygen atoms in total. The van der Waals surface area contributed by atoms with Crippen LogP contribution >= 0.6 is 0 Å². The Morgan fingerprint density at radius 2 is 1.74 bits per heavy atom. The van der Waals surface area contributed by atoms with E-state index in [1.807, 2.05) is 55.5 Å². The highest BCUT2D eigenvalue weighted by Crippen LogP contribution is 2.27. The number of urea groups is 1. The highest BCUT2D eigenvalue weighted by Gasteiger charge is 2.09. The first-order valence-corrected chi connectivity index (χ1v) is 7.44. The summed E-state index contributed by atoms with van der Waals surface area (Å²) in [6, 6.07) is 15.1. The molecule has 122 valence electrons. The highest BCUT2D eigenvalue weighted by atomic mass is 16.5. The number of rotatable bonds is 6. The summed E-state index contributed by atoms with van der Waals surface area (Å²) in [6.07, 6.45) is 0. The Hall–Kier alpha value is -2.69. The number of methoxy groups -OCH3 is 2. The van der Waals surface area contributed by atoms with Gasteiger partial charge < -0.3 is 20.1 Å². The fraction of sp³-hybridized carbons (Fsp3) is 0.278. The van der Waals surface area contributed by atoms with Crippen molar-refractivity contribution >= 4 is 6.03 Å². The van der Waals surface area contributed by atoms with Crippen molar-refractivity contribution < 1.29 is 14.3 Å². The number of ether oxygens (including phenoxy) is 2. The first-order valence-electron chi connectivity index (χ1n) is 7.44. The molecule has 2 aromatic rings. The van der Waals surface area contributed by atoms with E-state index < -0.39 is 0 Å². The minimum atomic E-state index is -0.212. The average molecular weight is 314 g/mol. The predicted octanol–water partition coefficient (Wildman–Crippen LogP) is 3.26. The van der Waals surface area contributed by atoms with E-state index in [0.29, 0.717) is 18.0 Å². The Morgan fingerprint density at radius 3 is 2.39 bits per heavy atom. The van der Waals surface area contributed by atoms with Crippen LogP contribution in [0.1, 0.15) is 24.1 Å². The lowest BCUT2D eigenvalue weighted by molar-refractivity contribution is 0.237. The molecule has 0 spiro atoms. The van der Waals surface area contributed by atoms with Crippen LogP contribution in [0.3, 0.4) is 0 Å². The predicted molar refractivity (Wildman–Crippen MR) is 89.8 cm³/mol. The van der Waals surface area contributed by atoms with Crippen molar-refractivity contribution in [2.75, 3.05) is 14.2 Å². The van der Waals surface area contributed by atoms with Crippen molar-refractivity contribution in [3.05, 3.63) is 59.7 Å². The van der Waals surface area contributed by atoms with Gasteiger partial charge in [0.05, 0.1) is 20.3 Å². The molecule has 0 aromatic heterocycles. The zero-order valence-corrected chi connectivity index (χ0v) is 13.6. The summed E-state index contributed by atoms with van der Waals surface area (Å²) < 4.78 is 10.4. The van der Waals surface area contributed by atoms with Gasteiger partial charge in [-0.15, -0.1) is 0 Å². The number of hydrogen-bond acceptors (Lipinski definition) is 3. The van der Waals surface area contributed by atoms with Crippen LogP contribution in [0.15, 0.2) is 48.5 Å². The van der Waals surface area contributed by atoms with Gasteiger partial charge in [-0.05, 0) is 30.2 Å². The van der Waals surface area contributed by atoms with Crippen molar-refractivity contribution in [1.82, 2.24) is 10.6 Å². The molecule has 0 fully saturated rings. The molecule has 2 amide bonds. The maximum absolute atomic E-state index is 12.0. The molecule has 0 aliphatic rings. The molecule has 0 bridgehead atoms. The van der Waals surface area contributed by atoms with E-state index in [-0.39, 0.29) is 12.1 Å². The maximum Gasteiger partial charge on any atom is 0.315 e. The van der Waals surface area contributed by atoms with Gasteiger partial charge in [-0.3, -0.25) is 0 Å². The SMILES string of the molecule is COc1ccc(CNC(=O)NC(C)c2ccccc2)cc1OC. The monoisotopic (exact) mass is 314 g/mol. The second kappa shape index (κ2) is 8.08. The van der Waals surface area contributed by atoms with E-state index in [2.05, 4.69) is 10.6 Å². The maximum atomic E-state index is 12.0. The third-order valence-electron chi connectivity index (χ3n) is 3.55. The third kappa shape index (κ3) is 4.64. The van der Waals surface area contributed by atoms with Gasteiger partial charge in [-0.2, -0.15) is 0 Å². The van der Waals surface area contributed by atoms with E-state index in [1.165, 1.54) is 0 Å². The molecule has 0 aliphatic carbocycles. The van der Waals surface area contributed by atoms with Gasteiger partial charge in [0.15, 0.2) is 11.5 Å². The van der Waals surface area contributed by atoms with E-state index in [0.717, 1.165) is 11.1 Å². The smallest absolute Gasteiger partial charge is 0.315 e. The third-order valence-corrected chi connectivity index (χ3v) is 3.55. The molecule has 0 saturated carbocycles. The summed E-state index contributed by atoms with van der Waals surface area (Å²) in [5, 5.41) is 5.75. The molecule has 1 unspecified atom stereocenters. The van der Waals surface area contributed by atoms with Gasteiger partial charge in [-0.25, -0.2) is 4.79 Å². The van der Waals surface area contributed by atoms with Crippen molar-refractivity contribution in [2.45, 2.75) is 19.5 Å². The van der Waals surface area contributed by atoms with E-state index in [4.69, 9.17) is 9.47 Å². The van der Waals surface area contributed by atoms with Gasteiger partial charge in [0.25, 0.3) is 0 Å². The summed E-state index contributed by atoms with van der Waals surface area (Å²) in [6.45, 7) is 2.36. The molecule has 2 aromatic carbocycles. The second-order valence-electron chi connectivity index (χ2n) is 5.15. The van der Waals surface area contributed by atoms with Crippen LogP contribution in [-0.4, -0.2) is 20.3 Å².